The zero-order valence-corrected chi connectivity index (χ0v) is 17.9. The highest BCUT2D eigenvalue weighted by Gasteiger charge is 2.32. The maximum Gasteiger partial charge on any atom is 0.288 e. The molecule has 156 valence electrons. The lowest BCUT2D eigenvalue weighted by Crippen LogP contribution is -2.27. The fourth-order valence-corrected chi connectivity index (χ4v) is 4.54. The third-order valence-corrected chi connectivity index (χ3v) is 6.10. The van der Waals surface area contributed by atoms with E-state index in [1.807, 2.05) is 36.4 Å². The topological polar surface area (TPSA) is 68.7 Å². The maximum absolute atomic E-state index is 12.6. The van der Waals surface area contributed by atoms with Crippen molar-refractivity contribution < 1.29 is 17.4 Å². The first kappa shape index (κ1) is 20.4. The van der Waals surface area contributed by atoms with Crippen LogP contribution < -0.4 is 9.80 Å². The summed E-state index contributed by atoms with van der Waals surface area (Å²) in [7, 11) is -3.79. The van der Waals surface area contributed by atoms with E-state index < -0.39 is 10.1 Å². The SMILES string of the molecule is CCCc1cccnc1-c1cccc2c1N(OS(=O)(=O)CCC)c1ccccc1O2. The lowest BCUT2D eigenvalue weighted by Gasteiger charge is -2.32. The summed E-state index contributed by atoms with van der Waals surface area (Å²) in [5.74, 6) is 0.976. The molecule has 1 aliphatic rings. The molecular weight excluding hydrogens is 400 g/mol. The van der Waals surface area contributed by atoms with Crippen LogP contribution in [0, 0.1) is 0 Å². The highest BCUT2D eigenvalue weighted by molar-refractivity contribution is 7.86. The quantitative estimate of drug-likeness (QED) is 0.491. The van der Waals surface area contributed by atoms with Gasteiger partial charge in [-0.3, -0.25) is 4.98 Å². The smallest absolute Gasteiger partial charge is 0.288 e. The Balaban J connectivity index is 1.92. The molecule has 1 aromatic heterocycles. The van der Waals surface area contributed by atoms with Crippen LogP contribution in [0.15, 0.2) is 60.8 Å². The Kier molecular flexibility index (Phi) is 5.74. The van der Waals surface area contributed by atoms with Crippen molar-refractivity contribution in [1.29, 1.82) is 0 Å². The second kappa shape index (κ2) is 8.45. The van der Waals surface area contributed by atoms with Crippen molar-refractivity contribution in [3.8, 4) is 22.8 Å². The number of aromatic nitrogens is 1. The summed E-state index contributed by atoms with van der Waals surface area (Å²) in [5, 5.41) is 1.37. The monoisotopic (exact) mass is 424 g/mol. The molecule has 6 nitrogen and oxygen atoms in total. The van der Waals surface area contributed by atoms with Gasteiger partial charge < -0.3 is 4.74 Å². The molecule has 0 N–H and O–H groups in total. The summed E-state index contributed by atoms with van der Waals surface area (Å²) >= 11 is 0. The van der Waals surface area contributed by atoms with Crippen molar-refractivity contribution in [2.45, 2.75) is 33.1 Å². The normalized spacial score (nSPS) is 12.8. The average Bonchev–Trinajstić information content (AvgIpc) is 2.73. The summed E-state index contributed by atoms with van der Waals surface area (Å²) in [5.41, 5.74) is 3.71. The summed E-state index contributed by atoms with van der Waals surface area (Å²) in [6.07, 6.45) is 4.03. The van der Waals surface area contributed by atoms with Gasteiger partial charge in [0.2, 0.25) is 0 Å². The van der Waals surface area contributed by atoms with E-state index in [9.17, 15) is 8.42 Å². The van der Waals surface area contributed by atoms with Gasteiger partial charge in [0.1, 0.15) is 11.4 Å². The fraction of sp³-hybridized carbons (Fsp3) is 0.261. The molecule has 0 saturated carbocycles. The lowest BCUT2D eigenvalue weighted by molar-refractivity contribution is 0.308. The highest BCUT2D eigenvalue weighted by atomic mass is 32.2. The number of para-hydroxylation sites is 3. The van der Waals surface area contributed by atoms with E-state index in [4.69, 9.17) is 9.02 Å². The number of hydrogen-bond donors (Lipinski definition) is 0. The summed E-state index contributed by atoms with van der Waals surface area (Å²) in [4.78, 5) is 4.61. The van der Waals surface area contributed by atoms with Gasteiger partial charge in [-0.15, -0.1) is 4.28 Å². The fourth-order valence-electron chi connectivity index (χ4n) is 3.59. The van der Waals surface area contributed by atoms with Crippen molar-refractivity contribution in [2.75, 3.05) is 10.8 Å². The molecular formula is C23H24N2O4S. The van der Waals surface area contributed by atoms with E-state index in [2.05, 4.69) is 11.9 Å². The van der Waals surface area contributed by atoms with Gasteiger partial charge in [0.15, 0.2) is 11.5 Å². The number of ether oxygens (including phenoxy) is 1. The number of hydrogen-bond acceptors (Lipinski definition) is 6. The molecule has 1 aliphatic heterocycles. The van der Waals surface area contributed by atoms with Crippen molar-refractivity contribution in [1.82, 2.24) is 4.98 Å². The molecule has 0 unspecified atom stereocenters. The summed E-state index contributed by atoms with van der Waals surface area (Å²) in [6, 6.07) is 16.8. The molecule has 0 bridgehead atoms. The van der Waals surface area contributed by atoms with Crippen LogP contribution in [0.5, 0.6) is 11.5 Å². The van der Waals surface area contributed by atoms with Crippen LogP contribution in [-0.4, -0.2) is 19.2 Å². The van der Waals surface area contributed by atoms with E-state index in [0.717, 1.165) is 29.7 Å². The van der Waals surface area contributed by atoms with Crippen molar-refractivity contribution in [3.63, 3.8) is 0 Å². The van der Waals surface area contributed by atoms with Crippen LogP contribution in [0.3, 0.4) is 0 Å². The minimum atomic E-state index is -3.79. The Morgan fingerprint density at radius 1 is 0.967 bits per heavy atom. The summed E-state index contributed by atoms with van der Waals surface area (Å²) in [6.45, 7) is 3.92. The minimum Gasteiger partial charge on any atom is -0.453 e. The molecule has 0 saturated heterocycles. The highest BCUT2D eigenvalue weighted by Crippen LogP contribution is 2.51. The van der Waals surface area contributed by atoms with E-state index >= 15 is 0 Å². The molecule has 0 aliphatic carbocycles. The van der Waals surface area contributed by atoms with Crippen LogP contribution in [-0.2, 0) is 20.8 Å². The van der Waals surface area contributed by atoms with E-state index in [0.29, 0.717) is 29.3 Å². The van der Waals surface area contributed by atoms with Crippen LogP contribution >= 0.6 is 0 Å². The zero-order chi connectivity index (χ0) is 21.1. The van der Waals surface area contributed by atoms with Crippen LogP contribution in [0.25, 0.3) is 11.3 Å². The third kappa shape index (κ3) is 3.91. The molecule has 0 atom stereocenters. The van der Waals surface area contributed by atoms with E-state index in [-0.39, 0.29) is 5.75 Å². The van der Waals surface area contributed by atoms with Gasteiger partial charge in [-0.2, -0.15) is 13.5 Å². The van der Waals surface area contributed by atoms with Gasteiger partial charge in [-0.25, -0.2) is 0 Å². The second-order valence-electron chi connectivity index (χ2n) is 7.11. The number of pyridine rings is 1. The largest absolute Gasteiger partial charge is 0.453 e. The molecule has 0 radical (unpaired) electrons. The standard InChI is InChI=1S/C23H24N2O4S/c1-3-9-17-10-8-15-24-22(17)18-11-7-14-21-23(18)25(29-30(26,27)16-4-2)19-12-5-6-13-20(19)28-21/h5-8,10-15H,3-4,9,16H2,1-2H3. The molecule has 2 heterocycles. The Hall–Kier alpha value is -2.90. The van der Waals surface area contributed by atoms with Crippen LogP contribution in [0.4, 0.5) is 11.4 Å². The van der Waals surface area contributed by atoms with Crippen LogP contribution in [0.1, 0.15) is 32.3 Å². The minimum absolute atomic E-state index is 0.0747. The van der Waals surface area contributed by atoms with Crippen molar-refractivity contribution in [2.24, 2.45) is 0 Å². The first-order valence-corrected chi connectivity index (χ1v) is 11.7. The van der Waals surface area contributed by atoms with E-state index in [1.165, 1.54) is 5.06 Å². The number of benzene rings is 2. The number of fused-ring (bicyclic) bond motifs is 2. The zero-order valence-electron chi connectivity index (χ0n) is 17.0. The van der Waals surface area contributed by atoms with Crippen molar-refractivity contribution >= 4 is 21.5 Å². The first-order valence-electron chi connectivity index (χ1n) is 10.1. The third-order valence-electron chi connectivity index (χ3n) is 4.81. The molecule has 30 heavy (non-hydrogen) atoms. The summed E-state index contributed by atoms with van der Waals surface area (Å²) < 4.78 is 37.0. The Labute approximate surface area is 177 Å². The first-order chi connectivity index (χ1) is 14.5. The maximum atomic E-state index is 12.6. The second-order valence-corrected chi connectivity index (χ2v) is 8.79. The number of aryl methyl sites for hydroxylation is 1. The van der Waals surface area contributed by atoms with Crippen LogP contribution in [0.2, 0.25) is 0 Å². The molecule has 4 rings (SSSR count). The molecule has 0 amide bonds. The molecule has 2 aromatic carbocycles. The predicted molar refractivity (Wildman–Crippen MR) is 117 cm³/mol. The number of rotatable bonds is 7. The molecule has 3 aromatic rings. The van der Waals surface area contributed by atoms with Gasteiger partial charge >= 0.3 is 0 Å². The Morgan fingerprint density at radius 3 is 2.57 bits per heavy atom. The lowest BCUT2D eigenvalue weighted by atomic mass is 9.99. The Bertz CT molecular complexity index is 1160. The average molecular weight is 425 g/mol. The van der Waals surface area contributed by atoms with Gasteiger partial charge in [0, 0.05) is 11.8 Å². The van der Waals surface area contributed by atoms with Gasteiger partial charge in [0.05, 0.1) is 11.4 Å². The predicted octanol–water partition coefficient (Wildman–Crippen LogP) is 5.62. The molecule has 0 fully saturated rings. The molecule has 0 spiro atoms. The number of anilines is 2. The van der Waals surface area contributed by atoms with Gasteiger partial charge in [0.25, 0.3) is 10.1 Å². The van der Waals surface area contributed by atoms with Gasteiger partial charge in [-0.05, 0) is 42.7 Å². The number of nitrogens with zero attached hydrogens (tertiary/aromatic N) is 2. The van der Waals surface area contributed by atoms with Crippen molar-refractivity contribution in [3.05, 3.63) is 66.4 Å². The molecule has 7 heteroatoms. The van der Waals surface area contributed by atoms with Gasteiger partial charge in [-0.1, -0.05) is 50.6 Å². The van der Waals surface area contributed by atoms with E-state index in [1.54, 1.807) is 31.3 Å². The Morgan fingerprint density at radius 2 is 1.77 bits per heavy atom.